The van der Waals surface area contributed by atoms with Crippen molar-refractivity contribution >= 4 is 22.2 Å². The summed E-state index contributed by atoms with van der Waals surface area (Å²) in [6.45, 7) is 9.59. The molecule has 2 N–H and O–H groups in total. The molecule has 0 aliphatic heterocycles. The Morgan fingerprint density at radius 1 is 1.46 bits per heavy atom. The van der Waals surface area contributed by atoms with Crippen LogP contribution < -0.4 is 5.73 Å². The van der Waals surface area contributed by atoms with Crippen LogP contribution in [-0.2, 0) is 4.74 Å². The van der Waals surface area contributed by atoms with Gasteiger partial charge in [-0.3, -0.25) is 0 Å². The van der Waals surface area contributed by atoms with Crippen molar-refractivity contribution in [3.05, 3.63) is 11.6 Å². The predicted octanol–water partition coefficient (Wildman–Crippen LogP) is 1.91. The number of rotatable bonds is 2. The summed E-state index contributed by atoms with van der Waals surface area (Å²) in [5, 5.41) is 8.55. The Labute approximate surface area is 81.4 Å². The molecule has 0 spiro atoms. The number of aromatic nitrogens is 2. The fourth-order valence-corrected chi connectivity index (χ4v) is 1.28. The minimum atomic E-state index is -0.266. The first kappa shape index (κ1) is 9.98. The topological polar surface area (TPSA) is 61.0 Å². The van der Waals surface area contributed by atoms with Gasteiger partial charge in [0.05, 0.1) is 0 Å². The zero-order chi connectivity index (χ0) is 10.1. The molecular weight excluding hydrogens is 186 g/mol. The fraction of sp³-hybridized carbons (Fsp3) is 0.500. The van der Waals surface area contributed by atoms with E-state index in [2.05, 4.69) is 16.8 Å². The summed E-state index contributed by atoms with van der Waals surface area (Å²) < 4.78 is 5.49. The van der Waals surface area contributed by atoms with Gasteiger partial charge in [0, 0.05) is 0 Å². The molecule has 0 bridgehead atoms. The van der Waals surface area contributed by atoms with E-state index in [-0.39, 0.29) is 5.60 Å². The van der Waals surface area contributed by atoms with Gasteiger partial charge >= 0.3 is 0 Å². The molecule has 0 amide bonds. The van der Waals surface area contributed by atoms with E-state index in [1.165, 1.54) is 11.3 Å². The molecule has 0 saturated carbocycles. The van der Waals surface area contributed by atoms with E-state index in [0.717, 1.165) is 0 Å². The van der Waals surface area contributed by atoms with Gasteiger partial charge in [0.25, 0.3) is 0 Å². The minimum Gasteiger partial charge on any atom is -0.486 e. The van der Waals surface area contributed by atoms with E-state index < -0.39 is 0 Å². The Bertz CT molecular complexity index is 313. The SMILES string of the molecule is C=C(OC(C)(C)C)c1nnc(N)s1. The lowest BCUT2D eigenvalue weighted by atomic mass is 10.2. The zero-order valence-electron chi connectivity index (χ0n) is 8.00. The molecule has 0 atom stereocenters. The van der Waals surface area contributed by atoms with Crippen LogP contribution >= 0.6 is 11.3 Å². The second-order valence-corrected chi connectivity index (χ2v) is 4.59. The van der Waals surface area contributed by atoms with Crippen LogP contribution in [0.25, 0.3) is 5.76 Å². The van der Waals surface area contributed by atoms with E-state index in [4.69, 9.17) is 10.5 Å². The first-order valence-corrected chi connectivity index (χ1v) is 4.67. The second-order valence-electron chi connectivity index (χ2n) is 3.58. The molecule has 72 valence electrons. The molecule has 1 aromatic rings. The second kappa shape index (κ2) is 3.33. The lowest BCUT2D eigenvalue weighted by Gasteiger charge is -2.21. The van der Waals surface area contributed by atoms with Crippen LogP contribution in [0.2, 0.25) is 0 Å². The molecule has 1 rings (SSSR count). The number of hydrogen-bond donors (Lipinski definition) is 1. The van der Waals surface area contributed by atoms with E-state index in [1.807, 2.05) is 20.8 Å². The molecule has 0 unspecified atom stereocenters. The standard InChI is InChI=1S/C8H13N3OS/c1-5(12-8(2,3)4)6-10-11-7(9)13-6/h1H2,2-4H3,(H2,9,11). The molecule has 0 aliphatic carbocycles. The molecule has 0 aliphatic rings. The Hall–Kier alpha value is -1.10. The van der Waals surface area contributed by atoms with Gasteiger partial charge in [-0.15, -0.1) is 10.2 Å². The number of nitrogens with two attached hydrogens (primary N) is 1. The third-order valence-corrected chi connectivity index (χ3v) is 1.90. The summed E-state index contributed by atoms with van der Waals surface area (Å²) >= 11 is 1.27. The maximum atomic E-state index is 5.49. The molecule has 1 aromatic heterocycles. The summed E-state index contributed by atoms with van der Waals surface area (Å²) in [5.41, 5.74) is 5.16. The summed E-state index contributed by atoms with van der Waals surface area (Å²) in [6.07, 6.45) is 0. The molecule has 5 heteroatoms. The Morgan fingerprint density at radius 2 is 2.08 bits per heavy atom. The normalized spacial score (nSPS) is 11.3. The lowest BCUT2D eigenvalue weighted by molar-refractivity contribution is 0.0975. The Balaban J connectivity index is 2.70. The van der Waals surface area contributed by atoms with Crippen LogP contribution in [0.5, 0.6) is 0 Å². The van der Waals surface area contributed by atoms with Gasteiger partial charge in [-0.1, -0.05) is 17.9 Å². The van der Waals surface area contributed by atoms with Crippen molar-refractivity contribution in [2.75, 3.05) is 5.73 Å². The minimum absolute atomic E-state index is 0.266. The van der Waals surface area contributed by atoms with Crippen molar-refractivity contribution in [1.82, 2.24) is 10.2 Å². The summed E-state index contributed by atoms with van der Waals surface area (Å²) in [4.78, 5) is 0. The van der Waals surface area contributed by atoms with Crippen molar-refractivity contribution < 1.29 is 4.74 Å². The van der Waals surface area contributed by atoms with Crippen molar-refractivity contribution in [3.63, 3.8) is 0 Å². The third kappa shape index (κ3) is 3.02. The molecule has 4 nitrogen and oxygen atoms in total. The summed E-state index contributed by atoms with van der Waals surface area (Å²) in [6, 6.07) is 0. The zero-order valence-corrected chi connectivity index (χ0v) is 8.81. The summed E-state index contributed by atoms with van der Waals surface area (Å²) in [5.74, 6) is 0.515. The van der Waals surface area contributed by atoms with Crippen LogP contribution in [0, 0.1) is 0 Å². The van der Waals surface area contributed by atoms with Gasteiger partial charge in [-0.2, -0.15) is 0 Å². The number of hydrogen-bond acceptors (Lipinski definition) is 5. The van der Waals surface area contributed by atoms with Crippen LogP contribution in [0.4, 0.5) is 5.13 Å². The van der Waals surface area contributed by atoms with Crippen LogP contribution in [0.15, 0.2) is 6.58 Å². The van der Waals surface area contributed by atoms with Gasteiger partial charge in [0.2, 0.25) is 5.13 Å². The van der Waals surface area contributed by atoms with Crippen LogP contribution in [-0.4, -0.2) is 15.8 Å². The summed E-state index contributed by atoms with van der Waals surface area (Å²) in [7, 11) is 0. The largest absolute Gasteiger partial charge is 0.486 e. The van der Waals surface area contributed by atoms with E-state index in [1.54, 1.807) is 0 Å². The maximum absolute atomic E-state index is 5.49. The Morgan fingerprint density at radius 3 is 2.46 bits per heavy atom. The van der Waals surface area contributed by atoms with E-state index in [9.17, 15) is 0 Å². The monoisotopic (exact) mass is 199 g/mol. The number of anilines is 1. The third-order valence-electron chi connectivity index (χ3n) is 1.11. The average Bonchev–Trinajstić information content (AvgIpc) is 2.31. The average molecular weight is 199 g/mol. The molecule has 1 heterocycles. The molecule has 13 heavy (non-hydrogen) atoms. The van der Waals surface area contributed by atoms with Crippen LogP contribution in [0.1, 0.15) is 25.8 Å². The number of nitrogens with zero attached hydrogens (tertiary/aromatic N) is 2. The van der Waals surface area contributed by atoms with Crippen molar-refractivity contribution in [3.8, 4) is 0 Å². The van der Waals surface area contributed by atoms with Gasteiger partial charge < -0.3 is 10.5 Å². The highest BCUT2D eigenvalue weighted by atomic mass is 32.1. The fourth-order valence-electron chi connectivity index (χ4n) is 0.761. The van der Waals surface area contributed by atoms with Crippen molar-refractivity contribution in [1.29, 1.82) is 0 Å². The van der Waals surface area contributed by atoms with Gasteiger partial charge in [-0.25, -0.2) is 0 Å². The van der Waals surface area contributed by atoms with Gasteiger partial charge in [0.1, 0.15) is 5.60 Å². The van der Waals surface area contributed by atoms with Gasteiger partial charge in [0.15, 0.2) is 10.8 Å². The molecule has 0 fully saturated rings. The Kier molecular flexibility index (Phi) is 2.56. The van der Waals surface area contributed by atoms with E-state index >= 15 is 0 Å². The van der Waals surface area contributed by atoms with Gasteiger partial charge in [-0.05, 0) is 20.8 Å². The maximum Gasteiger partial charge on any atom is 0.203 e. The quantitative estimate of drug-likeness (QED) is 0.739. The predicted molar refractivity (Wildman–Crippen MR) is 54.2 cm³/mol. The highest BCUT2D eigenvalue weighted by Crippen LogP contribution is 2.24. The molecule has 0 radical (unpaired) electrons. The van der Waals surface area contributed by atoms with Crippen LogP contribution in [0.3, 0.4) is 0 Å². The van der Waals surface area contributed by atoms with E-state index in [0.29, 0.717) is 15.9 Å². The first-order valence-electron chi connectivity index (χ1n) is 3.86. The lowest BCUT2D eigenvalue weighted by Crippen LogP contribution is -2.17. The number of ether oxygens (including phenoxy) is 1. The molecular formula is C8H13N3OS. The molecule has 0 saturated heterocycles. The number of nitrogen functional groups attached to an aromatic ring is 1. The van der Waals surface area contributed by atoms with Crippen molar-refractivity contribution in [2.24, 2.45) is 0 Å². The highest BCUT2D eigenvalue weighted by molar-refractivity contribution is 7.16. The highest BCUT2D eigenvalue weighted by Gasteiger charge is 2.15. The van der Waals surface area contributed by atoms with Crippen molar-refractivity contribution in [2.45, 2.75) is 26.4 Å². The first-order chi connectivity index (χ1) is 5.88. The smallest absolute Gasteiger partial charge is 0.203 e. The molecule has 0 aromatic carbocycles.